The van der Waals surface area contributed by atoms with Crippen LogP contribution in [0.1, 0.15) is 26.7 Å². The number of hydrogen-bond donors (Lipinski definition) is 0. The first-order valence-electron chi connectivity index (χ1n) is 6.89. The van der Waals surface area contributed by atoms with Crippen LogP contribution in [0.2, 0.25) is 0 Å². The minimum Gasteiger partial charge on any atom is -0.465 e. The number of fused-ring (bicyclic) bond motifs is 1. The highest BCUT2D eigenvalue weighted by Crippen LogP contribution is 2.48. The van der Waals surface area contributed by atoms with Crippen molar-refractivity contribution >= 4 is 23.5 Å². The van der Waals surface area contributed by atoms with E-state index in [0.29, 0.717) is 0 Å². The maximum Gasteiger partial charge on any atom is 0.316 e. The number of Topliss-reactive ketones (excluding diaryl/α,β-unsaturated/α-hetero) is 2. The van der Waals surface area contributed by atoms with Crippen molar-refractivity contribution in [1.29, 1.82) is 0 Å². The largest absolute Gasteiger partial charge is 0.465 e. The average molecular weight is 282 g/mol. The van der Waals surface area contributed by atoms with Gasteiger partial charge in [-0.3, -0.25) is 19.2 Å². The Morgan fingerprint density at radius 2 is 1.25 bits per heavy atom. The molecule has 110 valence electrons. The van der Waals surface area contributed by atoms with Crippen LogP contribution in [0.3, 0.4) is 0 Å². The molecule has 0 saturated heterocycles. The first-order valence-corrected chi connectivity index (χ1v) is 6.89. The quantitative estimate of drug-likeness (QED) is 0.552. The van der Waals surface area contributed by atoms with Gasteiger partial charge in [0.1, 0.15) is 23.4 Å². The molecule has 6 nitrogen and oxygen atoms in total. The molecule has 6 heteroatoms. The Hall–Kier alpha value is -1.72. The van der Waals surface area contributed by atoms with Crippen molar-refractivity contribution in [1.82, 2.24) is 0 Å². The van der Waals surface area contributed by atoms with Gasteiger partial charge in [0, 0.05) is 12.8 Å². The molecule has 0 bridgehead atoms. The third kappa shape index (κ3) is 2.34. The lowest BCUT2D eigenvalue weighted by Gasteiger charge is -2.16. The van der Waals surface area contributed by atoms with Gasteiger partial charge in [-0.25, -0.2) is 0 Å². The van der Waals surface area contributed by atoms with Gasteiger partial charge in [0.05, 0.1) is 13.2 Å². The fraction of sp³-hybridized carbons (Fsp3) is 0.714. The van der Waals surface area contributed by atoms with Gasteiger partial charge in [-0.05, 0) is 25.7 Å². The SMILES string of the molecule is CCOC(=O)C1C(=O)C[C@H]2C(C(=O)OCC)C(=O)C[C@@H]12. The van der Waals surface area contributed by atoms with Gasteiger partial charge in [-0.2, -0.15) is 0 Å². The highest BCUT2D eigenvalue weighted by atomic mass is 16.5. The molecule has 2 rings (SSSR count). The van der Waals surface area contributed by atoms with E-state index in [4.69, 9.17) is 9.47 Å². The zero-order chi connectivity index (χ0) is 14.9. The summed E-state index contributed by atoms with van der Waals surface area (Å²) in [4.78, 5) is 47.6. The topological polar surface area (TPSA) is 86.7 Å². The molecule has 4 atom stereocenters. The number of hydrogen-bond acceptors (Lipinski definition) is 6. The first kappa shape index (κ1) is 14.7. The standard InChI is InChI=1S/C14H18O6/c1-3-19-13(17)11-7-5-10(16)12(14(18)20-4-2)8(7)6-9(11)15/h7-8,11-12H,3-6H2,1-2H3/t7-,8-,11?,12?/m1/s1. The molecular weight excluding hydrogens is 264 g/mol. The van der Waals surface area contributed by atoms with E-state index in [0.717, 1.165) is 0 Å². The monoisotopic (exact) mass is 282 g/mol. The van der Waals surface area contributed by atoms with Crippen LogP contribution in [0.25, 0.3) is 0 Å². The average Bonchev–Trinajstić information content (AvgIpc) is 2.82. The molecule has 0 aromatic heterocycles. The van der Waals surface area contributed by atoms with E-state index in [9.17, 15) is 19.2 Å². The summed E-state index contributed by atoms with van der Waals surface area (Å²) >= 11 is 0. The van der Waals surface area contributed by atoms with Crippen LogP contribution in [-0.2, 0) is 28.7 Å². The Balaban J connectivity index is 2.19. The van der Waals surface area contributed by atoms with Gasteiger partial charge < -0.3 is 9.47 Å². The van der Waals surface area contributed by atoms with Gasteiger partial charge in [0.15, 0.2) is 0 Å². The molecule has 2 aliphatic carbocycles. The lowest BCUT2D eigenvalue weighted by atomic mass is 9.89. The second-order valence-corrected chi connectivity index (χ2v) is 5.13. The molecule has 2 fully saturated rings. The summed E-state index contributed by atoms with van der Waals surface area (Å²) in [6, 6.07) is 0. The number of ketones is 2. The van der Waals surface area contributed by atoms with E-state index in [1.54, 1.807) is 13.8 Å². The Bertz CT molecular complexity index is 413. The predicted octanol–water partition coefficient (Wildman–Crippen LogP) is 0.523. The number of esters is 2. The predicted molar refractivity (Wildman–Crippen MR) is 66.5 cm³/mol. The van der Waals surface area contributed by atoms with E-state index >= 15 is 0 Å². The van der Waals surface area contributed by atoms with E-state index in [2.05, 4.69) is 0 Å². The van der Waals surface area contributed by atoms with Crippen LogP contribution >= 0.6 is 0 Å². The van der Waals surface area contributed by atoms with Crippen molar-refractivity contribution < 1.29 is 28.7 Å². The van der Waals surface area contributed by atoms with Gasteiger partial charge in [-0.15, -0.1) is 0 Å². The zero-order valence-corrected chi connectivity index (χ0v) is 11.6. The molecule has 0 amide bonds. The van der Waals surface area contributed by atoms with E-state index in [1.807, 2.05) is 0 Å². The van der Waals surface area contributed by atoms with Crippen LogP contribution in [0, 0.1) is 23.7 Å². The summed E-state index contributed by atoms with van der Waals surface area (Å²) in [5.41, 5.74) is 0. The second kappa shape index (κ2) is 5.73. The lowest BCUT2D eigenvalue weighted by molar-refractivity contribution is -0.153. The van der Waals surface area contributed by atoms with Crippen molar-refractivity contribution in [2.45, 2.75) is 26.7 Å². The molecule has 2 unspecified atom stereocenters. The maximum absolute atomic E-state index is 12.0. The highest BCUT2D eigenvalue weighted by molar-refractivity contribution is 6.07. The molecule has 0 aliphatic heterocycles. The summed E-state index contributed by atoms with van der Waals surface area (Å²) < 4.78 is 9.79. The third-order valence-electron chi connectivity index (χ3n) is 4.05. The van der Waals surface area contributed by atoms with Crippen LogP contribution in [0.5, 0.6) is 0 Å². The van der Waals surface area contributed by atoms with Gasteiger partial charge in [0.25, 0.3) is 0 Å². The molecule has 20 heavy (non-hydrogen) atoms. The Labute approximate surface area is 116 Å². The van der Waals surface area contributed by atoms with Crippen molar-refractivity contribution in [3.05, 3.63) is 0 Å². The molecule has 2 aliphatic rings. The number of carbonyl (C=O) groups is 4. The molecule has 0 N–H and O–H groups in total. The molecule has 0 aromatic rings. The molecule has 0 aromatic carbocycles. The summed E-state index contributed by atoms with van der Waals surface area (Å²) in [6.45, 7) is 3.70. The lowest BCUT2D eigenvalue weighted by Crippen LogP contribution is -2.27. The van der Waals surface area contributed by atoms with Crippen LogP contribution in [0.4, 0.5) is 0 Å². The highest BCUT2D eigenvalue weighted by Gasteiger charge is 2.58. The minimum absolute atomic E-state index is 0.0728. The van der Waals surface area contributed by atoms with Gasteiger partial charge in [0.2, 0.25) is 0 Å². The van der Waals surface area contributed by atoms with Crippen LogP contribution in [-0.4, -0.2) is 36.7 Å². The molecule has 0 radical (unpaired) electrons. The van der Waals surface area contributed by atoms with Crippen LogP contribution < -0.4 is 0 Å². The van der Waals surface area contributed by atoms with Crippen molar-refractivity contribution in [3.8, 4) is 0 Å². The Kier molecular flexibility index (Phi) is 4.20. The minimum atomic E-state index is -0.900. The fourth-order valence-electron chi connectivity index (χ4n) is 3.31. The smallest absolute Gasteiger partial charge is 0.316 e. The first-order chi connectivity index (χ1) is 9.51. The van der Waals surface area contributed by atoms with Crippen molar-refractivity contribution in [2.24, 2.45) is 23.7 Å². The molecule has 2 saturated carbocycles. The molecular formula is C14H18O6. The summed E-state index contributed by atoms with van der Waals surface area (Å²) in [5.74, 6) is -4.26. The van der Waals surface area contributed by atoms with Crippen molar-refractivity contribution in [3.63, 3.8) is 0 Å². The summed E-state index contributed by atoms with van der Waals surface area (Å²) in [5, 5.41) is 0. The number of carbonyl (C=O) groups excluding carboxylic acids is 4. The number of rotatable bonds is 4. The van der Waals surface area contributed by atoms with Gasteiger partial charge in [-0.1, -0.05) is 0 Å². The Morgan fingerprint density at radius 3 is 1.55 bits per heavy atom. The maximum atomic E-state index is 12.0. The van der Waals surface area contributed by atoms with Crippen molar-refractivity contribution in [2.75, 3.05) is 13.2 Å². The van der Waals surface area contributed by atoms with E-state index in [-0.39, 0.29) is 37.6 Å². The normalized spacial score (nSPS) is 32.1. The van der Waals surface area contributed by atoms with E-state index < -0.39 is 35.6 Å². The van der Waals surface area contributed by atoms with E-state index in [1.165, 1.54) is 0 Å². The molecule has 0 heterocycles. The summed E-state index contributed by atoms with van der Waals surface area (Å²) in [6.07, 6.45) is 0.146. The van der Waals surface area contributed by atoms with Crippen LogP contribution in [0.15, 0.2) is 0 Å². The fourth-order valence-corrected chi connectivity index (χ4v) is 3.31. The summed E-state index contributed by atoms with van der Waals surface area (Å²) in [7, 11) is 0. The second-order valence-electron chi connectivity index (χ2n) is 5.13. The van der Waals surface area contributed by atoms with Gasteiger partial charge >= 0.3 is 11.9 Å². The molecule has 0 spiro atoms. The number of ether oxygens (including phenoxy) is 2. The zero-order valence-electron chi connectivity index (χ0n) is 11.6. The Morgan fingerprint density at radius 1 is 0.900 bits per heavy atom. The third-order valence-corrected chi connectivity index (χ3v) is 4.05.